The lowest BCUT2D eigenvalue weighted by Crippen LogP contribution is -2.24. The molecule has 0 aromatic heterocycles. The van der Waals surface area contributed by atoms with Gasteiger partial charge in [0.1, 0.15) is 0 Å². The number of hydrogen-bond donors (Lipinski definition) is 3. The summed E-state index contributed by atoms with van der Waals surface area (Å²) in [6.45, 7) is 1.37. The van der Waals surface area contributed by atoms with Crippen molar-refractivity contribution in [1.82, 2.24) is 5.32 Å². The smallest absolute Gasteiger partial charge is 0.178 e. The average molecular weight is 234 g/mol. The van der Waals surface area contributed by atoms with E-state index in [9.17, 15) is 10.2 Å². The zero-order valence-electron chi connectivity index (χ0n) is 7.27. The third-order valence-electron chi connectivity index (χ3n) is 2.39. The minimum atomic E-state index is -0.334. The van der Waals surface area contributed by atoms with E-state index in [1.807, 2.05) is 0 Å². The molecule has 3 N–H and O–H groups in total. The molecule has 76 valence electrons. The highest BCUT2D eigenvalue weighted by atomic mass is 35.5. The van der Waals surface area contributed by atoms with Gasteiger partial charge in [-0.05, 0) is 24.1 Å². The highest BCUT2D eigenvalue weighted by Crippen LogP contribution is 2.45. The fraction of sp³-hybridized carbons (Fsp3) is 0.333. The molecule has 0 unspecified atom stereocenters. The van der Waals surface area contributed by atoms with Crippen molar-refractivity contribution >= 4 is 23.2 Å². The van der Waals surface area contributed by atoms with Crippen LogP contribution in [0.5, 0.6) is 11.5 Å². The second-order valence-corrected chi connectivity index (χ2v) is 3.96. The number of hydrogen-bond acceptors (Lipinski definition) is 3. The molecule has 1 aliphatic rings. The molecule has 0 amide bonds. The van der Waals surface area contributed by atoms with Crippen LogP contribution in [0.2, 0.25) is 10.0 Å². The Bertz CT molecular complexity index is 356. The Morgan fingerprint density at radius 3 is 2.21 bits per heavy atom. The van der Waals surface area contributed by atoms with Gasteiger partial charge in [-0.3, -0.25) is 0 Å². The standard InChI is InChI=1S/C9H9Cl2NO2/c10-6-4-1-2-12-3-5(4)7(11)9(14)8(6)13/h12-14H,1-3H2. The van der Waals surface area contributed by atoms with Crippen molar-refractivity contribution in [2.24, 2.45) is 0 Å². The number of phenolic OH excluding ortho intramolecular Hbond substituents is 2. The maximum atomic E-state index is 9.46. The van der Waals surface area contributed by atoms with Gasteiger partial charge in [0.2, 0.25) is 0 Å². The van der Waals surface area contributed by atoms with Gasteiger partial charge >= 0.3 is 0 Å². The quantitative estimate of drug-likeness (QED) is 0.602. The van der Waals surface area contributed by atoms with Gasteiger partial charge in [-0.1, -0.05) is 23.2 Å². The zero-order chi connectivity index (χ0) is 10.3. The Labute approximate surface area is 91.3 Å². The summed E-state index contributed by atoms with van der Waals surface area (Å²) in [6, 6.07) is 0. The van der Waals surface area contributed by atoms with Crippen LogP contribution in [0.3, 0.4) is 0 Å². The molecule has 0 aliphatic carbocycles. The van der Waals surface area contributed by atoms with E-state index in [4.69, 9.17) is 23.2 Å². The molecule has 1 heterocycles. The molecule has 1 aliphatic heterocycles. The van der Waals surface area contributed by atoms with Crippen molar-refractivity contribution in [2.75, 3.05) is 6.54 Å². The summed E-state index contributed by atoms with van der Waals surface area (Å²) in [7, 11) is 0. The van der Waals surface area contributed by atoms with E-state index in [0.717, 1.165) is 17.7 Å². The Morgan fingerprint density at radius 2 is 1.57 bits per heavy atom. The summed E-state index contributed by atoms with van der Waals surface area (Å²) in [4.78, 5) is 0. The van der Waals surface area contributed by atoms with Crippen molar-refractivity contribution in [3.63, 3.8) is 0 Å². The third-order valence-corrected chi connectivity index (χ3v) is 3.20. The van der Waals surface area contributed by atoms with Gasteiger partial charge in [0.05, 0.1) is 10.0 Å². The molecule has 1 aromatic carbocycles. The number of nitrogens with one attached hydrogen (secondary N) is 1. The summed E-state index contributed by atoms with van der Waals surface area (Å²) in [5, 5.41) is 22.4. The van der Waals surface area contributed by atoms with Crippen LogP contribution in [0.4, 0.5) is 0 Å². The highest BCUT2D eigenvalue weighted by Gasteiger charge is 2.22. The van der Waals surface area contributed by atoms with Crippen LogP contribution in [0.25, 0.3) is 0 Å². The lowest BCUT2D eigenvalue weighted by molar-refractivity contribution is 0.402. The lowest BCUT2D eigenvalue weighted by Gasteiger charge is -2.21. The fourth-order valence-electron chi connectivity index (χ4n) is 1.63. The summed E-state index contributed by atoms with van der Waals surface area (Å²) in [5.41, 5.74) is 1.60. The first-order chi connectivity index (χ1) is 6.63. The summed E-state index contributed by atoms with van der Waals surface area (Å²) in [5.74, 6) is -0.656. The van der Waals surface area contributed by atoms with E-state index in [-0.39, 0.29) is 21.5 Å². The predicted molar refractivity (Wildman–Crippen MR) is 55.2 cm³/mol. The summed E-state index contributed by atoms with van der Waals surface area (Å²) < 4.78 is 0. The number of halogens is 2. The minimum Gasteiger partial charge on any atom is -0.503 e. The van der Waals surface area contributed by atoms with Crippen molar-refractivity contribution < 1.29 is 10.2 Å². The molecule has 0 saturated carbocycles. The van der Waals surface area contributed by atoms with Gasteiger partial charge in [-0.2, -0.15) is 0 Å². The number of fused-ring (bicyclic) bond motifs is 1. The number of phenols is 2. The molecule has 0 spiro atoms. The molecule has 0 saturated heterocycles. The third kappa shape index (κ3) is 1.32. The van der Waals surface area contributed by atoms with Crippen LogP contribution in [-0.4, -0.2) is 16.8 Å². The molecule has 2 rings (SSSR count). The van der Waals surface area contributed by atoms with Gasteiger partial charge < -0.3 is 15.5 Å². The number of aromatic hydroxyl groups is 2. The van der Waals surface area contributed by atoms with Crippen molar-refractivity contribution in [1.29, 1.82) is 0 Å². The maximum Gasteiger partial charge on any atom is 0.178 e. The largest absolute Gasteiger partial charge is 0.503 e. The van der Waals surface area contributed by atoms with Crippen LogP contribution < -0.4 is 5.32 Å². The van der Waals surface area contributed by atoms with Gasteiger partial charge in [-0.15, -0.1) is 0 Å². The normalized spacial score (nSPS) is 15.3. The molecule has 3 nitrogen and oxygen atoms in total. The molecule has 0 bridgehead atoms. The molecule has 0 atom stereocenters. The zero-order valence-corrected chi connectivity index (χ0v) is 8.78. The summed E-state index contributed by atoms with van der Waals surface area (Å²) in [6.07, 6.45) is 0.710. The lowest BCUT2D eigenvalue weighted by atomic mass is 10.00. The summed E-state index contributed by atoms with van der Waals surface area (Å²) >= 11 is 11.8. The van der Waals surface area contributed by atoms with Crippen molar-refractivity contribution in [3.05, 3.63) is 21.2 Å². The van der Waals surface area contributed by atoms with Crippen LogP contribution in [0.1, 0.15) is 11.1 Å². The Morgan fingerprint density at radius 1 is 1.00 bits per heavy atom. The van der Waals surface area contributed by atoms with Crippen molar-refractivity contribution in [2.45, 2.75) is 13.0 Å². The average Bonchev–Trinajstić information content (AvgIpc) is 2.23. The van der Waals surface area contributed by atoms with E-state index < -0.39 is 0 Å². The Balaban J connectivity index is 2.71. The fourth-order valence-corrected chi connectivity index (χ4v) is 2.20. The first kappa shape index (κ1) is 9.90. The molecule has 0 fully saturated rings. The number of rotatable bonds is 0. The SMILES string of the molecule is Oc1c(O)c(Cl)c2c(c1Cl)CCNC2. The highest BCUT2D eigenvalue weighted by molar-refractivity contribution is 6.36. The van der Waals surface area contributed by atoms with Crippen LogP contribution in [0, 0.1) is 0 Å². The molecule has 14 heavy (non-hydrogen) atoms. The van der Waals surface area contributed by atoms with E-state index in [2.05, 4.69) is 5.32 Å². The van der Waals surface area contributed by atoms with Crippen LogP contribution in [-0.2, 0) is 13.0 Å². The van der Waals surface area contributed by atoms with Gasteiger partial charge in [0.25, 0.3) is 0 Å². The molecule has 0 radical (unpaired) electrons. The van der Waals surface area contributed by atoms with Crippen LogP contribution in [0.15, 0.2) is 0 Å². The topological polar surface area (TPSA) is 52.5 Å². The first-order valence-electron chi connectivity index (χ1n) is 4.24. The van der Waals surface area contributed by atoms with E-state index in [1.165, 1.54) is 0 Å². The van der Waals surface area contributed by atoms with E-state index in [0.29, 0.717) is 13.0 Å². The van der Waals surface area contributed by atoms with Gasteiger partial charge in [0.15, 0.2) is 11.5 Å². The maximum absolute atomic E-state index is 9.46. The molecular formula is C9H9Cl2NO2. The van der Waals surface area contributed by atoms with E-state index >= 15 is 0 Å². The monoisotopic (exact) mass is 233 g/mol. The second kappa shape index (κ2) is 3.50. The number of benzene rings is 1. The molecule has 5 heteroatoms. The minimum absolute atomic E-state index is 0.189. The second-order valence-electron chi connectivity index (χ2n) is 3.21. The first-order valence-corrected chi connectivity index (χ1v) is 5.00. The Kier molecular flexibility index (Phi) is 2.47. The molecular weight excluding hydrogens is 225 g/mol. The van der Waals surface area contributed by atoms with Gasteiger partial charge in [-0.25, -0.2) is 0 Å². The van der Waals surface area contributed by atoms with Crippen molar-refractivity contribution in [3.8, 4) is 11.5 Å². The molecule has 1 aromatic rings. The Hall–Kier alpha value is -0.640. The van der Waals surface area contributed by atoms with E-state index in [1.54, 1.807) is 0 Å². The van der Waals surface area contributed by atoms with Gasteiger partial charge in [0, 0.05) is 6.54 Å². The van der Waals surface area contributed by atoms with Crippen LogP contribution >= 0.6 is 23.2 Å². The predicted octanol–water partition coefficient (Wildman–Crippen LogP) is 2.05.